The number of rotatable bonds is 6. The molecule has 7 nitrogen and oxygen atoms in total. The van der Waals surface area contributed by atoms with E-state index >= 15 is 0 Å². The van der Waals surface area contributed by atoms with Gasteiger partial charge in [0, 0.05) is 22.6 Å². The summed E-state index contributed by atoms with van der Waals surface area (Å²) >= 11 is 0. The minimum atomic E-state index is -0.353. The number of pyridine rings is 1. The summed E-state index contributed by atoms with van der Waals surface area (Å²) in [4.78, 5) is 31.7. The zero-order valence-corrected chi connectivity index (χ0v) is 18.7. The van der Waals surface area contributed by atoms with Crippen LogP contribution in [0.15, 0.2) is 61.2 Å². The first kappa shape index (κ1) is 22.6. The van der Waals surface area contributed by atoms with Gasteiger partial charge in [-0.1, -0.05) is 36.9 Å². The fourth-order valence-corrected chi connectivity index (χ4v) is 4.11. The van der Waals surface area contributed by atoms with Crippen molar-refractivity contribution in [2.75, 3.05) is 25.5 Å². The van der Waals surface area contributed by atoms with Crippen LogP contribution in [-0.4, -0.2) is 53.0 Å². The molecule has 0 bridgehead atoms. The number of nitrogens with one attached hydrogen (secondary N) is 2. The van der Waals surface area contributed by atoms with Crippen molar-refractivity contribution >= 4 is 28.3 Å². The summed E-state index contributed by atoms with van der Waals surface area (Å²) in [5.74, 6) is -0.526. The molecule has 2 aromatic carbocycles. The van der Waals surface area contributed by atoms with Crippen LogP contribution in [0.5, 0.6) is 0 Å². The van der Waals surface area contributed by atoms with E-state index in [1.165, 1.54) is 6.08 Å². The lowest BCUT2D eigenvalue weighted by atomic mass is 10.00. The van der Waals surface area contributed by atoms with Crippen LogP contribution in [0, 0.1) is 0 Å². The molecule has 0 aliphatic carbocycles. The second-order valence-corrected chi connectivity index (χ2v) is 8.35. The van der Waals surface area contributed by atoms with E-state index in [9.17, 15) is 14.7 Å². The average Bonchev–Trinajstić information content (AvgIpc) is 2.85. The molecule has 2 amide bonds. The second-order valence-electron chi connectivity index (χ2n) is 8.35. The van der Waals surface area contributed by atoms with E-state index in [1.54, 1.807) is 12.1 Å². The lowest BCUT2D eigenvalue weighted by molar-refractivity contribution is -0.111. The summed E-state index contributed by atoms with van der Waals surface area (Å²) in [5, 5.41) is 17.4. The third-order valence-electron chi connectivity index (χ3n) is 6.04. The van der Waals surface area contributed by atoms with Crippen LogP contribution in [0.1, 0.15) is 28.9 Å². The van der Waals surface area contributed by atoms with Crippen LogP contribution in [0.4, 0.5) is 5.69 Å². The van der Waals surface area contributed by atoms with Gasteiger partial charge in [0.1, 0.15) is 5.69 Å². The minimum absolute atomic E-state index is 0.160. The molecule has 4 rings (SSSR count). The molecule has 0 unspecified atom stereocenters. The molecule has 2 heterocycles. The molecular formula is C26H28N4O3. The molecule has 0 spiro atoms. The number of hydrogen-bond acceptors (Lipinski definition) is 5. The quantitative estimate of drug-likeness (QED) is 0.507. The first-order valence-electron chi connectivity index (χ1n) is 11.0. The molecule has 1 aromatic heterocycles. The molecule has 0 saturated carbocycles. The standard InChI is InChI=1S/C26H28N4O3/c1-3-24(32)29-25-19(16-31)10-8-17-7-9-18(15-21(17)25)22-5-4-6-23(28-22)26(33)27-20-11-13-30(2)14-12-20/h3-10,15,20,31H,1,11-14,16H2,2H3,(H,27,33)(H,29,32). The Morgan fingerprint density at radius 3 is 2.67 bits per heavy atom. The van der Waals surface area contributed by atoms with E-state index < -0.39 is 0 Å². The van der Waals surface area contributed by atoms with Gasteiger partial charge in [0.25, 0.3) is 5.91 Å². The number of likely N-dealkylation sites (tertiary alicyclic amines) is 1. The number of aliphatic hydroxyl groups is 1. The SMILES string of the molecule is C=CC(=O)Nc1c(CO)ccc2ccc(-c3cccc(C(=O)NC4CCN(C)CC4)n3)cc12. The Labute approximate surface area is 193 Å². The molecule has 1 saturated heterocycles. The Hall–Kier alpha value is -3.55. The predicted octanol–water partition coefficient (Wildman–Crippen LogP) is 3.34. The third kappa shape index (κ3) is 5.10. The average molecular weight is 445 g/mol. The Kier molecular flexibility index (Phi) is 6.82. The van der Waals surface area contributed by atoms with Gasteiger partial charge in [-0.2, -0.15) is 0 Å². The van der Waals surface area contributed by atoms with E-state index in [2.05, 4.69) is 34.1 Å². The fraction of sp³-hybridized carbons (Fsp3) is 0.269. The van der Waals surface area contributed by atoms with E-state index in [-0.39, 0.29) is 24.5 Å². The number of fused-ring (bicyclic) bond motifs is 1. The third-order valence-corrected chi connectivity index (χ3v) is 6.04. The van der Waals surface area contributed by atoms with Gasteiger partial charge >= 0.3 is 0 Å². The van der Waals surface area contributed by atoms with Crippen molar-refractivity contribution in [2.24, 2.45) is 0 Å². The number of hydrogen-bond donors (Lipinski definition) is 3. The molecule has 33 heavy (non-hydrogen) atoms. The van der Waals surface area contributed by atoms with Crippen molar-refractivity contribution in [3.63, 3.8) is 0 Å². The highest BCUT2D eigenvalue weighted by Crippen LogP contribution is 2.31. The minimum Gasteiger partial charge on any atom is -0.392 e. The second kappa shape index (κ2) is 9.94. The summed E-state index contributed by atoms with van der Waals surface area (Å²) in [6, 6.07) is 15.0. The van der Waals surface area contributed by atoms with Gasteiger partial charge in [-0.05, 0) is 62.6 Å². The molecule has 1 aliphatic rings. The highest BCUT2D eigenvalue weighted by molar-refractivity contribution is 6.07. The summed E-state index contributed by atoms with van der Waals surface area (Å²) in [7, 11) is 2.09. The first-order valence-corrected chi connectivity index (χ1v) is 11.0. The van der Waals surface area contributed by atoms with E-state index in [4.69, 9.17) is 0 Å². The largest absolute Gasteiger partial charge is 0.392 e. The highest BCUT2D eigenvalue weighted by Gasteiger charge is 2.20. The summed E-state index contributed by atoms with van der Waals surface area (Å²) in [6.07, 6.45) is 3.05. The Morgan fingerprint density at radius 2 is 1.94 bits per heavy atom. The van der Waals surface area contributed by atoms with Crippen molar-refractivity contribution in [1.29, 1.82) is 0 Å². The predicted molar refractivity (Wildman–Crippen MR) is 130 cm³/mol. The number of nitrogens with zero attached hydrogens (tertiary/aromatic N) is 2. The Morgan fingerprint density at radius 1 is 1.18 bits per heavy atom. The molecule has 1 fully saturated rings. The topological polar surface area (TPSA) is 94.6 Å². The number of carbonyl (C=O) groups is 2. The monoisotopic (exact) mass is 444 g/mol. The smallest absolute Gasteiger partial charge is 0.270 e. The number of piperidine rings is 1. The molecule has 1 aliphatic heterocycles. The Bertz CT molecular complexity index is 1200. The zero-order chi connectivity index (χ0) is 23.4. The molecule has 170 valence electrons. The summed E-state index contributed by atoms with van der Waals surface area (Å²) < 4.78 is 0. The van der Waals surface area contributed by atoms with Crippen LogP contribution in [0.25, 0.3) is 22.0 Å². The Balaban J connectivity index is 1.64. The normalized spacial score (nSPS) is 14.7. The van der Waals surface area contributed by atoms with Gasteiger partial charge in [-0.25, -0.2) is 4.98 Å². The van der Waals surface area contributed by atoms with Crippen molar-refractivity contribution in [3.05, 3.63) is 72.4 Å². The lowest BCUT2D eigenvalue weighted by Crippen LogP contribution is -2.43. The number of aliphatic hydroxyl groups excluding tert-OH is 1. The van der Waals surface area contributed by atoms with Crippen LogP contribution >= 0.6 is 0 Å². The lowest BCUT2D eigenvalue weighted by Gasteiger charge is -2.29. The van der Waals surface area contributed by atoms with Gasteiger partial charge < -0.3 is 20.6 Å². The maximum absolute atomic E-state index is 12.8. The number of amides is 2. The molecule has 3 aromatic rings. The molecule has 0 atom stereocenters. The van der Waals surface area contributed by atoms with E-state index in [0.717, 1.165) is 42.3 Å². The van der Waals surface area contributed by atoms with Crippen molar-refractivity contribution in [1.82, 2.24) is 15.2 Å². The van der Waals surface area contributed by atoms with Gasteiger partial charge in [-0.3, -0.25) is 9.59 Å². The van der Waals surface area contributed by atoms with Crippen LogP contribution < -0.4 is 10.6 Å². The maximum atomic E-state index is 12.8. The van der Waals surface area contributed by atoms with E-state index in [0.29, 0.717) is 22.6 Å². The van der Waals surface area contributed by atoms with E-state index in [1.807, 2.05) is 36.4 Å². The molecular weight excluding hydrogens is 416 g/mol. The zero-order valence-electron chi connectivity index (χ0n) is 18.7. The number of aromatic nitrogens is 1. The number of carbonyl (C=O) groups excluding carboxylic acids is 2. The van der Waals surface area contributed by atoms with Crippen molar-refractivity contribution in [2.45, 2.75) is 25.5 Å². The highest BCUT2D eigenvalue weighted by atomic mass is 16.3. The summed E-state index contributed by atoms with van der Waals surface area (Å²) in [6.45, 7) is 5.23. The van der Waals surface area contributed by atoms with Gasteiger partial charge in [-0.15, -0.1) is 0 Å². The number of benzene rings is 2. The van der Waals surface area contributed by atoms with Gasteiger partial charge in [0.05, 0.1) is 18.0 Å². The summed E-state index contributed by atoms with van der Waals surface area (Å²) in [5.41, 5.74) is 2.98. The molecule has 0 radical (unpaired) electrons. The number of anilines is 1. The van der Waals surface area contributed by atoms with Crippen LogP contribution in [0.2, 0.25) is 0 Å². The molecule has 7 heteroatoms. The van der Waals surface area contributed by atoms with Gasteiger partial charge in [0.2, 0.25) is 5.91 Å². The molecule has 3 N–H and O–H groups in total. The van der Waals surface area contributed by atoms with Crippen LogP contribution in [-0.2, 0) is 11.4 Å². The first-order chi connectivity index (χ1) is 16.0. The fourth-order valence-electron chi connectivity index (χ4n) is 4.11. The van der Waals surface area contributed by atoms with Crippen molar-refractivity contribution in [3.8, 4) is 11.3 Å². The van der Waals surface area contributed by atoms with Gasteiger partial charge in [0.15, 0.2) is 0 Å². The van der Waals surface area contributed by atoms with Crippen LogP contribution in [0.3, 0.4) is 0 Å². The van der Waals surface area contributed by atoms with Crippen molar-refractivity contribution < 1.29 is 14.7 Å². The maximum Gasteiger partial charge on any atom is 0.270 e.